The smallest absolute Gasteiger partial charge is 0.258 e. The predicted octanol–water partition coefficient (Wildman–Crippen LogP) is 2.74. The van der Waals surface area contributed by atoms with E-state index in [4.69, 9.17) is 5.73 Å². The van der Waals surface area contributed by atoms with E-state index in [1.165, 1.54) is 6.20 Å². The monoisotopic (exact) mass is 452 g/mol. The highest BCUT2D eigenvalue weighted by Crippen LogP contribution is 2.33. The van der Waals surface area contributed by atoms with Crippen molar-refractivity contribution in [2.24, 2.45) is 5.73 Å². The van der Waals surface area contributed by atoms with Crippen molar-refractivity contribution in [2.45, 2.75) is 13.2 Å². The van der Waals surface area contributed by atoms with E-state index in [2.05, 4.69) is 25.5 Å². The Morgan fingerprint density at radius 3 is 2.56 bits per heavy atom. The van der Waals surface area contributed by atoms with Gasteiger partial charge in [-0.1, -0.05) is 36.4 Å². The minimum atomic E-state index is -0.691. The molecule has 3 aromatic heterocycles. The minimum Gasteiger partial charge on any atom is -0.392 e. The quantitative estimate of drug-likeness (QED) is 0.290. The van der Waals surface area contributed by atoms with Gasteiger partial charge in [-0.15, -0.1) is 0 Å². The zero-order valence-electron chi connectivity index (χ0n) is 17.9. The SMILES string of the molecule is NC(=O)c1c[nH]c(=O)c2c1nc(NCc1cccnn1)c1ccc(-c3ccc(CO)cc3)cc12. The van der Waals surface area contributed by atoms with E-state index in [1.54, 1.807) is 12.3 Å². The molecule has 0 atom stereocenters. The Balaban J connectivity index is 1.74. The van der Waals surface area contributed by atoms with E-state index in [-0.39, 0.29) is 28.6 Å². The average Bonchev–Trinajstić information content (AvgIpc) is 2.87. The van der Waals surface area contributed by atoms with E-state index >= 15 is 0 Å². The van der Waals surface area contributed by atoms with Gasteiger partial charge in [-0.05, 0) is 34.9 Å². The van der Waals surface area contributed by atoms with Crippen LogP contribution in [0.3, 0.4) is 0 Å². The maximum atomic E-state index is 12.9. The summed E-state index contributed by atoms with van der Waals surface area (Å²) in [4.78, 5) is 32.2. The second-order valence-corrected chi connectivity index (χ2v) is 7.76. The van der Waals surface area contributed by atoms with Crippen molar-refractivity contribution in [2.75, 3.05) is 5.32 Å². The number of hydrogen-bond donors (Lipinski definition) is 4. The molecule has 0 aliphatic heterocycles. The number of H-pyrrole nitrogens is 1. The third kappa shape index (κ3) is 3.84. The number of aromatic nitrogens is 4. The number of fused-ring (bicyclic) bond motifs is 3. The summed E-state index contributed by atoms with van der Waals surface area (Å²) in [6, 6.07) is 16.8. The van der Waals surface area contributed by atoms with Crippen LogP contribution in [0.1, 0.15) is 21.6 Å². The van der Waals surface area contributed by atoms with Gasteiger partial charge in [0.15, 0.2) is 0 Å². The van der Waals surface area contributed by atoms with Crippen LogP contribution in [0.25, 0.3) is 32.8 Å². The standard InChI is InChI=1S/C25H20N6O3/c26-23(33)20-12-28-25(34)21-19-10-16(15-5-3-14(13-32)4-6-15)7-8-18(19)24(30-22(20)21)27-11-17-2-1-9-29-31-17/h1-10,12,32H,11,13H2,(H2,26,33)(H,27,30)(H,28,34). The molecule has 0 saturated heterocycles. The van der Waals surface area contributed by atoms with Crippen molar-refractivity contribution < 1.29 is 9.90 Å². The highest BCUT2D eigenvalue weighted by atomic mass is 16.3. The summed E-state index contributed by atoms with van der Waals surface area (Å²) in [6.07, 6.45) is 2.88. The molecule has 0 fully saturated rings. The van der Waals surface area contributed by atoms with Gasteiger partial charge in [0.05, 0.1) is 35.3 Å². The fourth-order valence-corrected chi connectivity index (χ4v) is 3.92. The van der Waals surface area contributed by atoms with Crippen LogP contribution in [-0.4, -0.2) is 31.2 Å². The fourth-order valence-electron chi connectivity index (χ4n) is 3.92. The third-order valence-corrected chi connectivity index (χ3v) is 5.63. The third-order valence-electron chi connectivity index (χ3n) is 5.63. The normalized spacial score (nSPS) is 11.1. The lowest BCUT2D eigenvalue weighted by Crippen LogP contribution is -2.17. The lowest BCUT2D eigenvalue weighted by atomic mass is 9.98. The zero-order valence-corrected chi connectivity index (χ0v) is 17.9. The Kier molecular flexibility index (Phi) is 5.44. The van der Waals surface area contributed by atoms with Crippen LogP contribution in [0.2, 0.25) is 0 Å². The average molecular weight is 452 g/mol. The van der Waals surface area contributed by atoms with Crippen LogP contribution >= 0.6 is 0 Å². The molecular formula is C25H20N6O3. The van der Waals surface area contributed by atoms with Crippen LogP contribution in [-0.2, 0) is 13.2 Å². The molecule has 1 amide bonds. The molecule has 34 heavy (non-hydrogen) atoms. The highest BCUT2D eigenvalue weighted by molar-refractivity contribution is 6.15. The number of aliphatic hydroxyl groups excluding tert-OH is 1. The number of aromatic amines is 1. The van der Waals surface area contributed by atoms with Crippen LogP contribution in [0.5, 0.6) is 0 Å². The topological polar surface area (TPSA) is 147 Å². The van der Waals surface area contributed by atoms with Gasteiger partial charge in [0, 0.05) is 23.2 Å². The summed E-state index contributed by atoms with van der Waals surface area (Å²) in [7, 11) is 0. The number of nitrogens with one attached hydrogen (secondary N) is 2. The van der Waals surface area contributed by atoms with Crippen molar-refractivity contribution >= 4 is 33.4 Å². The van der Waals surface area contributed by atoms with E-state index in [1.807, 2.05) is 48.5 Å². The molecule has 0 unspecified atom stereocenters. The summed E-state index contributed by atoms with van der Waals surface area (Å²) < 4.78 is 0. The number of amides is 1. The van der Waals surface area contributed by atoms with Gasteiger partial charge in [-0.3, -0.25) is 9.59 Å². The summed E-state index contributed by atoms with van der Waals surface area (Å²) >= 11 is 0. The summed E-state index contributed by atoms with van der Waals surface area (Å²) in [5.41, 5.74) is 8.85. The van der Waals surface area contributed by atoms with E-state index < -0.39 is 5.91 Å². The summed E-state index contributed by atoms with van der Waals surface area (Å²) in [6.45, 7) is 0.307. The number of carbonyl (C=O) groups excluding carboxylic acids is 1. The van der Waals surface area contributed by atoms with Gasteiger partial charge >= 0.3 is 0 Å². The number of benzene rings is 2. The van der Waals surface area contributed by atoms with Crippen LogP contribution < -0.4 is 16.6 Å². The first-order chi connectivity index (χ1) is 16.5. The Morgan fingerprint density at radius 1 is 1.06 bits per heavy atom. The van der Waals surface area contributed by atoms with Gasteiger partial charge in [0.25, 0.3) is 11.5 Å². The molecule has 5 N–H and O–H groups in total. The van der Waals surface area contributed by atoms with E-state index in [0.717, 1.165) is 16.7 Å². The summed E-state index contributed by atoms with van der Waals surface area (Å²) in [5, 5.41) is 22.2. The molecule has 0 spiro atoms. The Bertz CT molecular complexity index is 1580. The second kappa shape index (κ2) is 8.72. The molecule has 9 heteroatoms. The Hall–Kier alpha value is -4.63. The first-order valence-corrected chi connectivity index (χ1v) is 10.5. The molecule has 0 radical (unpaired) electrons. The van der Waals surface area contributed by atoms with Crippen molar-refractivity contribution in [3.63, 3.8) is 0 Å². The largest absolute Gasteiger partial charge is 0.392 e. The number of anilines is 1. The first kappa shape index (κ1) is 21.2. The van der Waals surface area contributed by atoms with Gasteiger partial charge in [0.2, 0.25) is 0 Å². The molecular weight excluding hydrogens is 432 g/mol. The molecule has 5 aromatic rings. The van der Waals surface area contributed by atoms with Crippen molar-refractivity contribution in [3.05, 3.63) is 94.2 Å². The number of primary amides is 1. The first-order valence-electron chi connectivity index (χ1n) is 10.5. The van der Waals surface area contributed by atoms with Gasteiger partial charge < -0.3 is 21.1 Å². The maximum Gasteiger partial charge on any atom is 0.258 e. The predicted molar refractivity (Wildman–Crippen MR) is 129 cm³/mol. The van der Waals surface area contributed by atoms with Crippen molar-refractivity contribution in [1.29, 1.82) is 0 Å². The molecule has 2 aromatic carbocycles. The Morgan fingerprint density at radius 2 is 1.85 bits per heavy atom. The van der Waals surface area contributed by atoms with Crippen LogP contribution in [0.15, 0.2) is 71.8 Å². The molecule has 0 bridgehead atoms. The summed E-state index contributed by atoms with van der Waals surface area (Å²) in [5.74, 6) is -0.202. The van der Waals surface area contributed by atoms with E-state index in [9.17, 15) is 14.7 Å². The second-order valence-electron chi connectivity index (χ2n) is 7.76. The number of nitrogens with zero attached hydrogens (tertiary/aromatic N) is 3. The van der Waals surface area contributed by atoms with Gasteiger partial charge in [0.1, 0.15) is 5.82 Å². The van der Waals surface area contributed by atoms with Gasteiger partial charge in [-0.25, -0.2) is 4.98 Å². The minimum absolute atomic E-state index is 0.0413. The number of nitrogens with two attached hydrogens (primary N) is 1. The number of aliphatic hydroxyl groups is 1. The zero-order chi connectivity index (χ0) is 23.7. The molecule has 0 saturated carbocycles. The number of rotatable bonds is 6. The molecule has 9 nitrogen and oxygen atoms in total. The molecule has 0 aliphatic rings. The maximum absolute atomic E-state index is 12.9. The number of hydrogen-bond acceptors (Lipinski definition) is 7. The van der Waals surface area contributed by atoms with Crippen molar-refractivity contribution in [1.82, 2.24) is 20.2 Å². The van der Waals surface area contributed by atoms with Gasteiger partial charge in [-0.2, -0.15) is 10.2 Å². The van der Waals surface area contributed by atoms with E-state index in [0.29, 0.717) is 28.8 Å². The Labute approximate surface area is 193 Å². The highest BCUT2D eigenvalue weighted by Gasteiger charge is 2.17. The molecule has 0 aliphatic carbocycles. The molecule has 5 rings (SSSR count). The fraction of sp³-hybridized carbons (Fsp3) is 0.0800. The number of carbonyl (C=O) groups is 1. The van der Waals surface area contributed by atoms with Crippen LogP contribution in [0.4, 0.5) is 5.82 Å². The lowest BCUT2D eigenvalue weighted by Gasteiger charge is -2.14. The number of pyridine rings is 2. The lowest BCUT2D eigenvalue weighted by molar-refractivity contribution is 0.100. The molecule has 168 valence electrons. The van der Waals surface area contributed by atoms with Crippen LogP contribution in [0, 0.1) is 0 Å². The van der Waals surface area contributed by atoms with Crippen molar-refractivity contribution in [3.8, 4) is 11.1 Å². The molecule has 3 heterocycles.